The van der Waals surface area contributed by atoms with Crippen LogP contribution in [0.1, 0.15) is 24.8 Å². The summed E-state index contributed by atoms with van der Waals surface area (Å²) in [4.78, 5) is 25.3. The number of methoxy groups -OCH3 is 1. The van der Waals surface area contributed by atoms with Gasteiger partial charge in [0.1, 0.15) is 12.1 Å². The first-order valence-electron chi connectivity index (χ1n) is 9.36. The summed E-state index contributed by atoms with van der Waals surface area (Å²) in [6.07, 6.45) is 3.78. The number of ether oxygens (including phenoxy) is 1. The van der Waals surface area contributed by atoms with Crippen LogP contribution in [0.5, 0.6) is 5.88 Å². The van der Waals surface area contributed by atoms with Crippen molar-refractivity contribution in [1.29, 1.82) is 0 Å². The van der Waals surface area contributed by atoms with Gasteiger partial charge in [0.05, 0.1) is 12.5 Å². The number of likely N-dealkylation sites (tertiary alicyclic amines) is 1. The van der Waals surface area contributed by atoms with Gasteiger partial charge in [-0.15, -0.1) is 0 Å². The lowest BCUT2D eigenvalue weighted by Crippen LogP contribution is -2.49. The number of anilines is 1. The van der Waals surface area contributed by atoms with Gasteiger partial charge in [-0.2, -0.15) is 0 Å². The lowest BCUT2D eigenvalue weighted by molar-refractivity contribution is -0.145. The van der Waals surface area contributed by atoms with Crippen molar-refractivity contribution in [3.05, 3.63) is 47.8 Å². The molecule has 28 heavy (non-hydrogen) atoms. The Labute approximate surface area is 162 Å². The normalized spacial score (nSPS) is 22.2. The van der Waals surface area contributed by atoms with Crippen molar-refractivity contribution in [3.63, 3.8) is 0 Å². The molecule has 0 radical (unpaired) electrons. The summed E-state index contributed by atoms with van der Waals surface area (Å²) >= 11 is 0. The largest absolute Gasteiger partial charge is 0.481 e. The average molecular weight is 388 g/mol. The summed E-state index contributed by atoms with van der Waals surface area (Å²) < 4.78 is 32.7. The average Bonchev–Trinajstić information content (AvgIpc) is 3.14. The third-order valence-electron chi connectivity index (χ3n) is 5.73. The zero-order valence-electron chi connectivity index (χ0n) is 15.7. The SMILES string of the molecule is COc1cc(N2CC[C@@]3(CCCN(Cc4cccc(F)c4F)C3=O)C2)ncn1. The van der Waals surface area contributed by atoms with Gasteiger partial charge >= 0.3 is 0 Å². The van der Waals surface area contributed by atoms with Crippen LogP contribution in [0, 0.1) is 17.0 Å². The first-order chi connectivity index (χ1) is 13.5. The fourth-order valence-corrected chi connectivity index (χ4v) is 4.24. The van der Waals surface area contributed by atoms with E-state index in [4.69, 9.17) is 4.74 Å². The molecule has 1 amide bonds. The third-order valence-corrected chi connectivity index (χ3v) is 5.73. The lowest BCUT2D eigenvalue weighted by atomic mass is 9.78. The summed E-state index contributed by atoms with van der Waals surface area (Å²) in [5.41, 5.74) is -0.305. The van der Waals surface area contributed by atoms with Crippen LogP contribution in [-0.2, 0) is 11.3 Å². The highest BCUT2D eigenvalue weighted by molar-refractivity contribution is 5.85. The van der Waals surface area contributed by atoms with Gasteiger partial charge in [-0.3, -0.25) is 4.79 Å². The van der Waals surface area contributed by atoms with Gasteiger partial charge in [0.15, 0.2) is 11.6 Å². The van der Waals surface area contributed by atoms with E-state index in [0.717, 1.165) is 24.7 Å². The Bertz CT molecular complexity index is 894. The van der Waals surface area contributed by atoms with Gasteiger partial charge in [-0.05, 0) is 25.3 Å². The van der Waals surface area contributed by atoms with Crippen LogP contribution in [0.25, 0.3) is 0 Å². The van der Waals surface area contributed by atoms with Gasteiger partial charge in [0, 0.05) is 37.8 Å². The summed E-state index contributed by atoms with van der Waals surface area (Å²) in [6, 6.07) is 5.84. The van der Waals surface area contributed by atoms with Gasteiger partial charge in [-0.1, -0.05) is 12.1 Å². The molecule has 4 rings (SSSR count). The van der Waals surface area contributed by atoms with Crippen LogP contribution < -0.4 is 9.64 Å². The first-order valence-corrected chi connectivity index (χ1v) is 9.36. The second kappa shape index (κ2) is 7.33. The monoisotopic (exact) mass is 388 g/mol. The zero-order chi connectivity index (χ0) is 19.7. The first kappa shape index (κ1) is 18.6. The molecule has 1 spiro atoms. The number of benzene rings is 1. The molecule has 0 unspecified atom stereocenters. The van der Waals surface area contributed by atoms with Crippen molar-refractivity contribution in [2.24, 2.45) is 5.41 Å². The number of nitrogens with zero attached hydrogens (tertiary/aromatic N) is 4. The van der Waals surface area contributed by atoms with Crippen molar-refractivity contribution >= 4 is 11.7 Å². The Hall–Kier alpha value is -2.77. The van der Waals surface area contributed by atoms with Crippen LogP contribution >= 0.6 is 0 Å². The molecule has 2 aliphatic rings. The maximum absolute atomic E-state index is 14.1. The smallest absolute Gasteiger partial charge is 0.230 e. The molecule has 0 aliphatic carbocycles. The van der Waals surface area contributed by atoms with Gasteiger partial charge in [0.25, 0.3) is 0 Å². The number of carbonyl (C=O) groups excluding carboxylic acids is 1. The molecular weight excluding hydrogens is 366 g/mol. The predicted octanol–water partition coefficient (Wildman–Crippen LogP) is 2.78. The van der Waals surface area contributed by atoms with Gasteiger partial charge in [0.2, 0.25) is 11.8 Å². The van der Waals surface area contributed by atoms with Crippen LogP contribution in [0.4, 0.5) is 14.6 Å². The van der Waals surface area contributed by atoms with Gasteiger partial charge in [-0.25, -0.2) is 18.7 Å². The molecule has 0 bridgehead atoms. The second-order valence-corrected chi connectivity index (χ2v) is 7.41. The fourth-order valence-electron chi connectivity index (χ4n) is 4.24. The summed E-state index contributed by atoms with van der Waals surface area (Å²) in [5.74, 6) is -0.558. The fraction of sp³-hybridized carbons (Fsp3) is 0.450. The van der Waals surface area contributed by atoms with E-state index in [2.05, 4.69) is 14.9 Å². The highest BCUT2D eigenvalue weighted by Gasteiger charge is 2.48. The van der Waals surface area contributed by atoms with Crippen LogP contribution in [0.3, 0.4) is 0 Å². The predicted molar refractivity (Wildman–Crippen MR) is 98.9 cm³/mol. The van der Waals surface area contributed by atoms with Crippen molar-refractivity contribution in [2.75, 3.05) is 31.6 Å². The van der Waals surface area contributed by atoms with E-state index >= 15 is 0 Å². The number of rotatable bonds is 4. The minimum absolute atomic E-state index is 0.00549. The minimum atomic E-state index is -0.888. The summed E-state index contributed by atoms with van der Waals surface area (Å²) in [7, 11) is 1.55. The molecule has 3 heterocycles. The summed E-state index contributed by atoms with van der Waals surface area (Å²) in [5, 5.41) is 0. The van der Waals surface area contributed by atoms with Crippen molar-refractivity contribution in [2.45, 2.75) is 25.8 Å². The third kappa shape index (κ3) is 3.27. The highest BCUT2D eigenvalue weighted by Crippen LogP contribution is 2.42. The van der Waals surface area contributed by atoms with Crippen LogP contribution in [0.2, 0.25) is 0 Å². The standard InChI is InChI=1S/C20H22F2N4O2/c1-28-17-10-16(23-13-24-17)26-9-7-20(12-26)6-3-8-25(19(20)27)11-14-4-2-5-15(21)18(14)22/h2,4-5,10,13H,3,6-9,11-12H2,1H3/t20-/m0/s1. The molecule has 2 aromatic rings. The lowest BCUT2D eigenvalue weighted by Gasteiger charge is -2.39. The molecule has 2 aliphatic heterocycles. The number of carbonyl (C=O) groups is 1. The minimum Gasteiger partial charge on any atom is -0.481 e. The van der Waals surface area contributed by atoms with E-state index in [1.54, 1.807) is 18.1 Å². The van der Waals surface area contributed by atoms with E-state index in [9.17, 15) is 13.6 Å². The van der Waals surface area contributed by atoms with E-state index in [1.807, 2.05) is 0 Å². The molecule has 6 nitrogen and oxygen atoms in total. The van der Waals surface area contributed by atoms with Gasteiger partial charge < -0.3 is 14.5 Å². The summed E-state index contributed by atoms with van der Waals surface area (Å²) in [6.45, 7) is 1.89. The zero-order valence-corrected chi connectivity index (χ0v) is 15.7. The van der Waals surface area contributed by atoms with Crippen molar-refractivity contribution in [3.8, 4) is 5.88 Å². The molecule has 2 fully saturated rings. The van der Waals surface area contributed by atoms with Crippen molar-refractivity contribution in [1.82, 2.24) is 14.9 Å². The molecule has 1 atom stereocenters. The van der Waals surface area contributed by atoms with E-state index < -0.39 is 17.0 Å². The topological polar surface area (TPSA) is 58.6 Å². The molecule has 1 aromatic heterocycles. The van der Waals surface area contributed by atoms with Crippen LogP contribution in [0.15, 0.2) is 30.6 Å². The Morgan fingerprint density at radius 3 is 2.89 bits per heavy atom. The van der Waals surface area contributed by atoms with E-state index in [1.165, 1.54) is 18.5 Å². The number of hydrogen-bond donors (Lipinski definition) is 0. The number of hydrogen-bond acceptors (Lipinski definition) is 5. The number of aromatic nitrogens is 2. The number of halogens is 2. The molecular formula is C20H22F2N4O2. The quantitative estimate of drug-likeness (QED) is 0.806. The van der Waals surface area contributed by atoms with E-state index in [0.29, 0.717) is 31.9 Å². The Morgan fingerprint density at radius 1 is 1.21 bits per heavy atom. The molecule has 0 saturated carbocycles. The molecule has 2 saturated heterocycles. The number of amides is 1. The molecule has 8 heteroatoms. The van der Waals surface area contributed by atoms with Crippen molar-refractivity contribution < 1.29 is 18.3 Å². The molecule has 0 N–H and O–H groups in total. The van der Waals surface area contributed by atoms with Crippen LogP contribution in [-0.4, -0.2) is 47.5 Å². The molecule has 1 aromatic carbocycles. The highest BCUT2D eigenvalue weighted by atomic mass is 19.2. The Morgan fingerprint density at radius 2 is 2.07 bits per heavy atom. The van der Waals surface area contributed by atoms with E-state index in [-0.39, 0.29) is 18.0 Å². The Kier molecular flexibility index (Phi) is 4.87. The second-order valence-electron chi connectivity index (χ2n) is 7.41. The maximum atomic E-state index is 14.1. The Balaban J connectivity index is 1.52. The maximum Gasteiger partial charge on any atom is 0.230 e. The molecule has 148 valence electrons. The number of piperidine rings is 1.